The van der Waals surface area contributed by atoms with Crippen molar-refractivity contribution in [2.75, 3.05) is 33.5 Å². The maximum atomic E-state index is 8.71. The van der Waals surface area contributed by atoms with Crippen LogP contribution in [0.4, 0.5) is 0 Å². The molecule has 1 atom stereocenters. The van der Waals surface area contributed by atoms with Crippen LogP contribution in [0.25, 0.3) is 0 Å². The molecule has 1 unspecified atom stereocenters. The van der Waals surface area contributed by atoms with Crippen molar-refractivity contribution in [2.45, 2.75) is 25.8 Å². The van der Waals surface area contributed by atoms with E-state index in [0.29, 0.717) is 13.2 Å². The first-order chi connectivity index (χ1) is 6.85. The van der Waals surface area contributed by atoms with Crippen LogP contribution in [0.2, 0.25) is 0 Å². The summed E-state index contributed by atoms with van der Waals surface area (Å²) in [6.07, 6.45) is 1.66. The summed E-state index contributed by atoms with van der Waals surface area (Å²) in [4.78, 5) is 0. The predicted molar refractivity (Wildman–Crippen MR) is 55.0 cm³/mol. The molecule has 4 nitrogen and oxygen atoms in total. The molecule has 0 radical (unpaired) electrons. The van der Waals surface area contributed by atoms with Crippen LogP contribution in [0.1, 0.15) is 19.8 Å². The normalized spacial score (nSPS) is 12.4. The maximum Gasteiger partial charge on any atom is 0.0974 e. The van der Waals surface area contributed by atoms with E-state index < -0.39 is 0 Å². The third-order valence-electron chi connectivity index (χ3n) is 1.79. The van der Waals surface area contributed by atoms with Crippen LogP contribution in [-0.4, -0.2) is 39.5 Å². The molecule has 4 heteroatoms. The van der Waals surface area contributed by atoms with Gasteiger partial charge in [0.15, 0.2) is 0 Å². The second-order valence-electron chi connectivity index (χ2n) is 2.99. The third-order valence-corrected chi connectivity index (χ3v) is 1.79. The second-order valence-corrected chi connectivity index (χ2v) is 2.99. The van der Waals surface area contributed by atoms with Crippen molar-refractivity contribution in [1.82, 2.24) is 5.32 Å². The van der Waals surface area contributed by atoms with Crippen molar-refractivity contribution in [2.24, 2.45) is 0 Å². The standard InChI is InChI=1S/C10H20N2O2/c1-3-12-10(9-11)5-8-14-7-4-6-13-2/h10,12H,3-8H2,1-2H3. The van der Waals surface area contributed by atoms with Gasteiger partial charge in [-0.2, -0.15) is 5.26 Å². The summed E-state index contributed by atoms with van der Waals surface area (Å²) in [5, 5.41) is 11.8. The molecule has 0 aliphatic rings. The number of ether oxygens (including phenoxy) is 2. The van der Waals surface area contributed by atoms with Gasteiger partial charge < -0.3 is 14.8 Å². The average molecular weight is 200 g/mol. The minimum atomic E-state index is -0.0811. The zero-order valence-electron chi connectivity index (χ0n) is 9.08. The van der Waals surface area contributed by atoms with Crippen LogP contribution in [0.5, 0.6) is 0 Å². The van der Waals surface area contributed by atoms with Gasteiger partial charge in [0.25, 0.3) is 0 Å². The van der Waals surface area contributed by atoms with Gasteiger partial charge in [-0.15, -0.1) is 0 Å². The van der Waals surface area contributed by atoms with E-state index >= 15 is 0 Å². The molecule has 0 spiro atoms. The van der Waals surface area contributed by atoms with Crippen LogP contribution in [0.3, 0.4) is 0 Å². The fourth-order valence-corrected chi connectivity index (χ4v) is 1.07. The first kappa shape index (κ1) is 13.4. The first-order valence-electron chi connectivity index (χ1n) is 5.04. The zero-order valence-corrected chi connectivity index (χ0v) is 9.08. The molecule has 82 valence electrons. The number of hydrogen-bond acceptors (Lipinski definition) is 4. The van der Waals surface area contributed by atoms with Crippen LogP contribution >= 0.6 is 0 Å². The van der Waals surface area contributed by atoms with Crippen molar-refractivity contribution in [3.8, 4) is 6.07 Å². The number of methoxy groups -OCH3 is 1. The van der Waals surface area contributed by atoms with Gasteiger partial charge in [-0.05, 0) is 19.4 Å². The van der Waals surface area contributed by atoms with Gasteiger partial charge in [0.2, 0.25) is 0 Å². The van der Waals surface area contributed by atoms with Gasteiger partial charge in [-0.25, -0.2) is 0 Å². The number of nitrogens with one attached hydrogen (secondary N) is 1. The molecule has 0 rings (SSSR count). The summed E-state index contributed by atoms with van der Waals surface area (Å²) < 4.78 is 10.2. The minimum Gasteiger partial charge on any atom is -0.385 e. The van der Waals surface area contributed by atoms with Crippen LogP contribution < -0.4 is 5.32 Å². The summed E-state index contributed by atoms with van der Waals surface area (Å²) in [6, 6.07) is 2.11. The van der Waals surface area contributed by atoms with Gasteiger partial charge in [0, 0.05) is 26.9 Å². The maximum absolute atomic E-state index is 8.71. The van der Waals surface area contributed by atoms with Gasteiger partial charge in [-0.3, -0.25) is 0 Å². The van der Waals surface area contributed by atoms with Crippen LogP contribution in [-0.2, 0) is 9.47 Å². The lowest BCUT2D eigenvalue weighted by Crippen LogP contribution is -2.28. The van der Waals surface area contributed by atoms with Gasteiger partial charge >= 0.3 is 0 Å². The van der Waals surface area contributed by atoms with Crippen molar-refractivity contribution < 1.29 is 9.47 Å². The van der Waals surface area contributed by atoms with Crippen molar-refractivity contribution in [1.29, 1.82) is 5.26 Å². The SMILES string of the molecule is CCNC(C#N)CCOCCCOC. The molecule has 0 aliphatic carbocycles. The van der Waals surface area contributed by atoms with E-state index in [1.54, 1.807) is 7.11 Å². The molecule has 0 aromatic heterocycles. The Morgan fingerprint density at radius 2 is 2.14 bits per heavy atom. The molecule has 0 aromatic carbocycles. The van der Waals surface area contributed by atoms with Crippen molar-refractivity contribution >= 4 is 0 Å². The molecule has 0 aromatic rings. The Labute approximate surface area is 86.2 Å². The Balaban J connectivity index is 3.21. The molecule has 0 aliphatic heterocycles. The first-order valence-corrected chi connectivity index (χ1v) is 5.04. The van der Waals surface area contributed by atoms with Gasteiger partial charge in [0.05, 0.1) is 12.1 Å². The molecule has 0 bridgehead atoms. The molecular weight excluding hydrogens is 180 g/mol. The summed E-state index contributed by atoms with van der Waals surface area (Å²) in [5.41, 5.74) is 0. The highest BCUT2D eigenvalue weighted by Crippen LogP contribution is 1.92. The Hall–Kier alpha value is -0.630. The number of rotatable bonds is 9. The lowest BCUT2D eigenvalue weighted by Gasteiger charge is -2.09. The van der Waals surface area contributed by atoms with Gasteiger partial charge in [0.1, 0.15) is 0 Å². The average Bonchev–Trinajstić information content (AvgIpc) is 2.21. The van der Waals surface area contributed by atoms with Crippen molar-refractivity contribution in [3.05, 3.63) is 0 Å². The quantitative estimate of drug-likeness (QED) is 0.563. The zero-order chi connectivity index (χ0) is 10.6. The Kier molecular flexibility index (Phi) is 9.98. The second kappa shape index (κ2) is 10.5. The van der Waals surface area contributed by atoms with Crippen molar-refractivity contribution in [3.63, 3.8) is 0 Å². The molecule has 0 heterocycles. The molecule has 0 amide bonds. The monoisotopic (exact) mass is 200 g/mol. The van der Waals surface area contributed by atoms with E-state index in [4.69, 9.17) is 14.7 Å². The van der Waals surface area contributed by atoms with E-state index in [-0.39, 0.29) is 6.04 Å². The highest BCUT2D eigenvalue weighted by atomic mass is 16.5. The Morgan fingerprint density at radius 1 is 1.36 bits per heavy atom. The van der Waals surface area contributed by atoms with E-state index in [1.165, 1.54) is 0 Å². The van der Waals surface area contributed by atoms with E-state index in [0.717, 1.165) is 26.0 Å². The fraction of sp³-hybridized carbons (Fsp3) is 0.900. The third kappa shape index (κ3) is 7.99. The smallest absolute Gasteiger partial charge is 0.0974 e. The predicted octanol–water partition coefficient (Wildman–Crippen LogP) is 0.931. The van der Waals surface area contributed by atoms with Gasteiger partial charge in [-0.1, -0.05) is 6.92 Å². The molecule has 1 N–H and O–H groups in total. The molecule has 14 heavy (non-hydrogen) atoms. The summed E-state index contributed by atoms with van der Waals surface area (Å²) in [5.74, 6) is 0. The lowest BCUT2D eigenvalue weighted by molar-refractivity contribution is 0.0989. The molecular formula is C10H20N2O2. The molecule has 0 fully saturated rings. The lowest BCUT2D eigenvalue weighted by atomic mass is 10.2. The minimum absolute atomic E-state index is 0.0811. The highest BCUT2D eigenvalue weighted by Gasteiger charge is 2.03. The van der Waals surface area contributed by atoms with E-state index in [2.05, 4.69) is 11.4 Å². The molecule has 0 saturated carbocycles. The number of nitriles is 1. The van der Waals surface area contributed by atoms with Crippen LogP contribution in [0, 0.1) is 11.3 Å². The summed E-state index contributed by atoms with van der Waals surface area (Å²) in [6.45, 7) is 4.88. The Morgan fingerprint density at radius 3 is 2.71 bits per heavy atom. The van der Waals surface area contributed by atoms with E-state index in [9.17, 15) is 0 Å². The Bertz CT molecular complexity index is 157. The van der Waals surface area contributed by atoms with Crippen LogP contribution in [0.15, 0.2) is 0 Å². The highest BCUT2D eigenvalue weighted by molar-refractivity contribution is 4.88. The summed E-state index contributed by atoms with van der Waals surface area (Å²) >= 11 is 0. The number of hydrogen-bond donors (Lipinski definition) is 1. The number of nitrogens with zero attached hydrogens (tertiary/aromatic N) is 1. The largest absolute Gasteiger partial charge is 0.385 e. The fourth-order valence-electron chi connectivity index (χ4n) is 1.07. The topological polar surface area (TPSA) is 54.3 Å². The molecule has 0 saturated heterocycles. The van der Waals surface area contributed by atoms with E-state index in [1.807, 2.05) is 6.92 Å². The summed E-state index contributed by atoms with van der Waals surface area (Å²) in [7, 11) is 1.68.